The summed E-state index contributed by atoms with van der Waals surface area (Å²) in [4.78, 5) is 0. The van der Waals surface area contributed by atoms with E-state index in [1.54, 1.807) is 0 Å². The lowest BCUT2D eigenvalue weighted by Crippen LogP contribution is -1.93. The Balaban J connectivity index is 2.23. The predicted molar refractivity (Wildman–Crippen MR) is 80.5 cm³/mol. The summed E-state index contributed by atoms with van der Waals surface area (Å²) in [7, 11) is 0. The smallest absolute Gasteiger partial charge is 0.0453 e. The van der Waals surface area contributed by atoms with Gasteiger partial charge in [0.25, 0.3) is 0 Å². The van der Waals surface area contributed by atoms with E-state index in [1.165, 1.54) is 5.56 Å². The highest BCUT2D eigenvalue weighted by Gasteiger charge is 2.05. The maximum atomic E-state index is 3.51. The molecule has 0 nitrogen and oxygen atoms in total. The Kier molecular flexibility index (Phi) is 4.61. The molecule has 0 fully saturated rings. The maximum absolute atomic E-state index is 3.51. The summed E-state index contributed by atoms with van der Waals surface area (Å²) in [6.07, 6.45) is 1.02. The summed E-state index contributed by atoms with van der Waals surface area (Å²) in [6, 6.07) is 18.5. The molecule has 0 aliphatic carbocycles. The summed E-state index contributed by atoms with van der Waals surface area (Å²) in [5.41, 5.74) is 2.35. The van der Waals surface area contributed by atoms with Gasteiger partial charge in [-0.15, -0.1) is 0 Å². The molecule has 0 saturated heterocycles. The van der Waals surface area contributed by atoms with Gasteiger partial charge in [-0.25, -0.2) is 0 Å². The molecule has 2 aromatic carbocycles. The van der Waals surface area contributed by atoms with Crippen molar-refractivity contribution < 1.29 is 0 Å². The van der Waals surface area contributed by atoms with E-state index in [2.05, 4.69) is 52.9 Å². The highest BCUT2D eigenvalue weighted by molar-refractivity contribution is 9.10. The van der Waals surface area contributed by atoms with Crippen molar-refractivity contribution in [2.24, 2.45) is 0 Å². The Morgan fingerprint density at radius 2 is 1.83 bits per heavy atom. The van der Waals surface area contributed by atoms with E-state index < -0.39 is 0 Å². The average Bonchev–Trinajstić information content (AvgIpc) is 2.41. The minimum absolute atomic E-state index is 0.294. The van der Waals surface area contributed by atoms with Crippen molar-refractivity contribution in [2.45, 2.75) is 19.3 Å². The minimum atomic E-state index is 0.294. The van der Waals surface area contributed by atoms with Gasteiger partial charge in [0.05, 0.1) is 0 Å². The summed E-state index contributed by atoms with van der Waals surface area (Å²) >= 11 is 3.51. The van der Waals surface area contributed by atoms with E-state index in [0.29, 0.717) is 5.92 Å². The number of hydrogen-bond acceptors (Lipinski definition) is 0. The molecule has 0 radical (unpaired) electrons. The molecule has 0 amide bonds. The SMILES string of the molecule is CC[C@@H](C#Cc1ccccc1)c1cccc(Br)c1. The standard InChI is InChI=1S/C17H15Br/c1-2-15(16-9-6-10-17(18)13-16)12-11-14-7-4-3-5-8-14/h3-10,13,15H,2H2,1H3/t15-/m0/s1. The van der Waals surface area contributed by atoms with Crippen molar-refractivity contribution in [3.8, 4) is 11.8 Å². The molecule has 2 rings (SSSR count). The molecule has 1 atom stereocenters. The van der Waals surface area contributed by atoms with Gasteiger partial charge >= 0.3 is 0 Å². The molecule has 90 valence electrons. The average molecular weight is 299 g/mol. The van der Waals surface area contributed by atoms with Crippen LogP contribution >= 0.6 is 15.9 Å². The predicted octanol–water partition coefficient (Wildman–Crippen LogP) is 4.99. The number of hydrogen-bond donors (Lipinski definition) is 0. The van der Waals surface area contributed by atoms with Crippen molar-refractivity contribution >= 4 is 15.9 Å². The summed E-state index contributed by atoms with van der Waals surface area (Å²) in [6.45, 7) is 2.17. The Hall–Kier alpha value is -1.52. The molecule has 0 aromatic heterocycles. The molecule has 0 N–H and O–H groups in total. The fourth-order valence-electron chi connectivity index (χ4n) is 1.84. The van der Waals surface area contributed by atoms with Gasteiger partial charge in [-0.2, -0.15) is 0 Å². The lowest BCUT2D eigenvalue weighted by Gasteiger charge is -2.08. The van der Waals surface area contributed by atoms with Gasteiger partial charge < -0.3 is 0 Å². The molecular weight excluding hydrogens is 284 g/mol. The van der Waals surface area contributed by atoms with E-state index >= 15 is 0 Å². The van der Waals surface area contributed by atoms with Crippen LogP contribution in [-0.4, -0.2) is 0 Å². The molecule has 0 spiro atoms. The first-order valence-electron chi connectivity index (χ1n) is 6.11. The van der Waals surface area contributed by atoms with Gasteiger partial charge in [0.2, 0.25) is 0 Å². The monoisotopic (exact) mass is 298 g/mol. The third-order valence-corrected chi connectivity index (χ3v) is 3.32. The zero-order valence-electron chi connectivity index (χ0n) is 10.4. The van der Waals surface area contributed by atoms with Crippen molar-refractivity contribution in [3.05, 3.63) is 70.2 Å². The van der Waals surface area contributed by atoms with Gasteiger partial charge in [0.1, 0.15) is 0 Å². The van der Waals surface area contributed by atoms with Crippen LogP contribution in [0.5, 0.6) is 0 Å². The van der Waals surface area contributed by atoms with Gasteiger partial charge in [0, 0.05) is 16.0 Å². The fraction of sp³-hybridized carbons (Fsp3) is 0.176. The summed E-state index contributed by atoms with van der Waals surface area (Å²) < 4.78 is 1.11. The van der Waals surface area contributed by atoms with Crippen LogP contribution in [-0.2, 0) is 0 Å². The minimum Gasteiger partial charge on any atom is -0.0897 e. The Morgan fingerprint density at radius 3 is 2.50 bits per heavy atom. The van der Waals surface area contributed by atoms with E-state index in [-0.39, 0.29) is 0 Å². The second-order valence-electron chi connectivity index (χ2n) is 4.15. The van der Waals surface area contributed by atoms with Crippen LogP contribution in [0.3, 0.4) is 0 Å². The summed E-state index contributed by atoms with van der Waals surface area (Å²) in [5.74, 6) is 6.90. The van der Waals surface area contributed by atoms with Crippen LogP contribution < -0.4 is 0 Å². The fourth-order valence-corrected chi connectivity index (χ4v) is 2.25. The number of benzene rings is 2. The van der Waals surface area contributed by atoms with Crippen LogP contribution in [0, 0.1) is 11.8 Å². The van der Waals surface area contributed by atoms with Crippen LogP contribution in [0.2, 0.25) is 0 Å². The molecule has 2 aromatic rings. The van der Waals surface area contributed by atoms with Crippen LogP contribution in [0.1, 0.15) is 30.4 Å². The van der Waals surface area contributed by atoms with Crippen molar-refractivity contribution in [3.63, 3.8) is 0 Å². The van der Waals surface area contributed by atoms with Crippen LogP contribution in [0.4, 0.5) is 0 Å². The lowest BCUT2D eigenvalue weighted by molar-refractivity contribution is 0.829. The molecule has 0 unspecified atom stereocenters. The van der Waals surface area contributed by atoms with Gasteiger partial charge in [-0.05, 0) is 36.2 Å². The first-order valence-corrected chi connectivity index (χ1v) is 6.91. The second-order valence-corrected chi connectivity index (χ2v) is 5.07. The largest absolute Gasteiger partial charge is 0.0897 e. The van der Waals surface area contributed by atoms with E-state index in [1.807, 2.05) is 36.4 Å². The van der Waals surface area contributed by atoms with E-state index in [0.717, 1.165) is 16.5 Å². The molecule has 0 saturated carbocycles. The zero-order valence-corrected chi connectivity index (χ0v) is 11.9. The van der Waals surface area contributed by atoms with E-state index in [9.17, 15) is 0 Å². The zero-order chi connectivity index (χ0) is 12.8. The van der Waals surface area contributed by atoms with Crippen molar-refractivity contribution in [1.82, 2.24) is 0 Å². The highest BCUT2D eigenvalue weighted by Crippen LogP contribution is 2.22. The highest BCUT2D eigenvalue weighted by atomic mass is 79.9. The van der Waals surface area contributed by atoms with E-state index in [4.69, 9.17) is 0 Å². The normalized spacial score (nSPS) is 11.4. The van der Waals surface area contributed by atoms with Crippen LogP contribution in [0.15, 0.2) is 59.1 Å². The van der Waals surface area contributed by atoms with Gasteiger partial charge in [0.15, 0.2) is 0 Å². The summed E-state index contributed by atoms with van der Waals surface area (Å²) in [5, 5.41) is 0. The third-order valence-electron chi connectivity index (χ3n) is 2.82. The molecule has 0 bridgehead atoms. The molecule has 1 heteroatoms. The van der Waals surface area contributed by atoms with Gasteiger partial charge in [-0.3, -0.25) is 0 Å². The molecule has 0 aliphatic heterocycles. The molecule has 18 heavy (non-hydrogen) atoms. The number of halogens is 1. The lowest BCUT2D eigenvalue weighted by atomic mass is 9.97. The first-order chi connectivity index (χ1) is 8.79. The van der Waals surface area contributed by atoms with Crippen LogP contribution in [0.25, 0.3) is 0 Å². The number of rotatable bonds is 2. The topological polar surface area (TPSA) is 0 Å². The van der Waals surface area contributed by atoms with Gasteiger partial charge in [-0.1, -0.05) is 65.0 Å². The maximum Gasteiger partial charge on any atom is 0.0453 e. The molecule has 0 aliphatic rings. The first kappa shape index (κ1) is 12.9. The Bertz CT molecular complexity index is 561. The quantitative estimate of drug-likeness (QED) is 0.685. The Labute approximate surface area is 117 Å². The second kappa shape index (κ2) is 6.42. The third kappa shape index (κ3) is 3.48. The van der Waals surface area contributed by atoms with Crippen molar-refractivity contribution in [2.75, 3.05) is 0 Å². The van der Waals surface area contributed by atoms with Crippen molar-refractivity contribution in [1.29, 1.82) is 0 Å². The molecule has 0 heterocycles. The Morgan fingerprint density at radius 1 is 1.06 bits per heavy atom. The molecular formula is C17H15Br.